The number of piperidine rings is 1. The van der Waals surface area contributed by atoms with Gasteiger partial charge in [0.15, 0.2) is 0 Å². The highest BCUT2D eigenvalue weighted by Crippen LogP contribution is 2.40. The number of aryl methyl sites for hydroxylation is 1. The highest BCUT2D eigenvalue weighted by atomic mass is 16.5. The first-order valence-electron chi connectivity index (χ1n) is 8.62. The highest BCUT2D eigenvalue weighted by Gasteiger charge is 2.39. The fourth-order valence-electron chi connectivity index (χ4n) is 3.53. The van der Waals surface area contributed by atoms with E-state index in [1.807, 2.05) is 6.07 Å². The van der Waals surface area contributed by atoms with Crippen molar-refractivity contribution in [2.24, 2.45) is 5.73 Å². The zero-order chi connectivity index (χ0) is 15.4. The van der Waals surface area contributed by atoms with Crippen LogP contribution in [0.2, 0.25) is 0 Å². The number of fused-ring (bicyclic) bond motifs is 1. The van der Waals surface area contributed by atoms with Crippen LogP contribution in [0.3, 0.4) is 0 Å². The van der Waals surface area contributed by atoms with Crippen LogP contribution in [0.1, 0.15) is 38.2 Å². The van der Waals surface area contributed by atoms with Crippen molar-refractivity contribution >= 4 is 0 Å². The largest absolute Gasteiger partial charge is 0.494 e. The molecule has 0 aliphatic carbocycles. The van der Waals surface area contributed by atoms with E-state index in [-0.39, 0.29) is 5.60 Å². The number of nitrogens with two attached hydrogens (primary N) is 1. The van der Waals surface area contributed by atoms with Crippen LogP contribution in [0.5, 0.6) is 11.5 Å². The Hall–Kier alpha value is -1.26. The lowest BCUT2D eigenvalue weighted by Gasteiger charge is -2.44. The minimum atomic E-state index is 0.0455. The van der Waals surface area contributed by atoms with E-state index in [2.05, 4.69) is 24.0 Å². The van der Waals surface area contributed by atoms with Gasteiger partial charge < -0.3 is 20.1 Å². The molecule has 0 bridgehead atoms. The molecule has 2 aliphatic heterocycles. The van der Waals surface area contributed by atoms with E-state index >= 15 is 0 Å². The summed E-state index contributed by atoms with van der Waals surface area (Å²) in [5.74, 6) is 2.03. The van der Waals surface area contributed by atoms with E-state index in [4.69, 9.17) is 15.2 Å². The second-order valence-corrected chi connectivity index (χ2v) is 6.53. The molecule has 122 valence electrons. The topological polar surface area (TPSA) is 47.7 Å². The number of ether oxygens (including phenoxy) is 2. The van der Waals surface area contributed by atoms with Gasteiger partial charge in [-0.3, -0.25) is 0 Å². The molecule has 1 aromatic carbocycles. The molecule has 1 aromatic rings. The SMILES string of the molecule is CCCOc1ccc2c(c1)CCC1(CCN(CCN)CC1)O2. The Kier molecular flexibility index (Phi) is 4.89. The molecule has 1 saturated heterocycles. The zero-order valence-corrected chi connectivity index (χ0v) is 13.6. The van der Waals surface area contributed by atoms with Crippen LogP contribution in [0.15, 0.2) is 18.2 Å². The lowest BCUT2D eigenvalue weighted by atomic mass is 9.83. The molecule has 1 fully saturated rings. The fourth-order valence-corrected chi connectivity index (χ4v) is 3.53. The van der Waals surface area contributed by atoms with E-state index in [0.717, 1.165) is 76.4 Å². The summed E-state index contributed by atoms with van der Waals surface area (Å²) < 4.78 is 12.2. The van der Waals surface area contributed by atoms with Crippen LogP contribution in [0.4, 0.5) is 0 Å². The molecule has 0 atom stereocenters. The minimum Gasteiger partial charge on any atom is -0.494 e. The third kappa shape index (κ3) is 3.39. The Morgan fingerprint density at radius 3 is 2.82 bits per heavy atom. The second-order valence-electron chi connectivity index (χ2n) is 6.53. The van der Waals surface area contributed by atoms with Crippen LogP contribution in [-0.4, -0.2) is 43.3 Å². The van der Waals surface area contributed by atoms with E-state index in [0.29, 0.717) is 0 Å². The van der Waals surface area contributed by atoms with E-state index in [9.17, 15) is 0 Å². The van der Waals surface area contributed by atoms with Gasteiger partial charge >= 0.3 is 0 Å². The fraction of sp³-hybridized carbons (Fsp3) is 0.667. The number of nitrogens with zero attached hydrogens (tertiary/aromatic N) is 1. The molecule has 4 nitrogen and oxygen atoms in total. The molecule has 22 heavy (non-hydrogen) atoms. The number of hydrogen-bond acceptors (Lipinski definition) is 4. The van der Waals surface area contributed by atoms with Crippen LogP contribution in [0, 0.1) is 0 Å². The standard InChI is InChI=1S/C18H28N2O2/c1-2-13-21-16-3-4-17-15(14-16)5-6-18(22-17)7-10-20(11-8-18)12-9-19/h3-4,14H,2,5-13,19H2,1H3. The molecule has 3 rings (SSSR count). The summed E-state index contributed by atoms with van der Waals surface area (Å²) in [4.78, 5) is 2.45. The molecule has 2 aliphatic rings. The van der Waals surface area contributed by atoms with Gasteiger partial charge in [-0.25, -0.2) is 0 Å². The smallest absolute Gasteiger partial charge is 0.123 e. The van der Waals surface area contributed by atoms with Crippen molar-refractivity contribution in [3.05, 3.63) is 23.8 Å². The van der Waals surface area contributed by atoms with Gasteiger partial charge in [-0.15, -0.1) is 0 Å². The summed E-state index contributed by atoms with van der Waals surface area (Å²) in [6.45, 7) is 6.86. The van der Waals surface area contributed by atoms with Gasteiger partial charge in [0.2, 0.25) is 0 Å². The quantitative estimate of drug-likeness (QED) is 0.908. The third-order valence-electron chi connectivity index (χ3n) is 4.89. The van der Waals surface area contributed by atoms with Crippen LogP contribution < -0.4 is 15.2 Å². The summed E-state index contributed by atoms with van der Waals surface area (Å²) in [6.07, 6.45) is 5.47. The van der Waals surface area contributed by atoms with Gasteiger partial charge in [-0.1, -0.05) is 6.92 Å². The van der Waals surface area contributed by atoms with Gasteiger partial charge in [-0.2, -0.15) is 0 Å². The number of likely N-dealkylation sites (tertiary alicyclic amines) is 1. The number of rotatable bonds is 5. The Morgan fingerprint density at radius 2 is 2.09 bits per heavy atom. The molecule has 4 heteroatoms. The average Bonchev–Trinajstić information content (AvgIpc) is 2.55. The van der Waals surface area contributed by atoms with Gasteiger partial charge in [0.1, 0.15) is 17.1 Å². The van der Waals surface area contributed by atoms with Gasteiger partial charge in [0.05, 0.1) is 6.61 Å². The normalized spacial score (nSPS) is 20.5. The molecule has 0 amide bonds. The van der Waals surface area contributed by atoms with Crippen molar-refractivity contribution in [2.75, 3.05) is 32.8 Å². The average molecular weight is 304 g/mol. The Morgan fingerprint density at radius 1 is 1.27 bits per heavy atom. The maximum Gasteiger partial charge on any atom is 0.123 e. The van der Waals surface area contributed by atoms with Crippen LogP contribution in [0.25, 0.3) is 0 Å². The number of hydrogen-bond donors (Lipinski definition) is 1. The Bertz CT molecular complexity index is 496. The summed E-state index contributed by atoms with van der Waals surface area (Å²) in [5.41, 5.74) is 7.00. The maximum atomic E-state index is 6.43. The van der Waals surface area contributed by atoms with Crippen molar-refractivity contribution in [2.45, 2.75) is 44.6 Å². The third-order valence-corrected chi connectivity index (χ3v) is 4.89. The summed E-state index contributed by atoms with van der Waals surface area (Å²) in [5, 5.41) is 0. The predicted molar refractivity (Wildman–Crippen MR) is 88.6 cm³/mol. The van der Waals surface area contributed by atoms with Crippen molar-refractivity contribution in [3.8, 4) is 11.5 Å². The summed E-state index contributed by atoms with van der Waals surface area (Å²) >= 11 is 0. The molecule has 0 unspecified atom stereocenters. The number of benzene rings is 1. The van der Waals surface area contributed by atoms with Crippen LogP contribution in [-0.2, 0) is 6.42 Å². The lowest BCUT2D eigenvalue weighted by Crippen LogP contribution is -2.50. The molecule has 1 spiro atoms. The monoisotopic (exact) mass is 304 g/mol. The minimum absolute atomic E-state index is 0.0455. The molecule has 0 radical (unpaired) electrons. The zero-order valence-electron chi connectivity index (χ0n) is 13.6. The summed E-state index contributed by atoms with van der Waals surface area (Å²) in [7, 11) is 0. The molecule has 2 heterocycles. The first kappa shape index (κ1) is 15.6. The Labute approximate surface area is 133 Å². The van der Waals surface area contributed by atoms with Crippen molar-refractivity contribution in [1.29, 1.82) is 0 Å². The molecular formula is C18H28N2O2. The lowest BCUT2D eigenvalue weighted by molar-refractivity contribution is -0.0138. The Balaban J connectivity index is 1.64. The van der Waals surface area contributed by atoms with Gasteiger partial charge in [0.25, 0.3) is 0 Å². The molecule has 2 N–H and O–H groups in total. The first-order chi connectivity index (χ1) is 10.7. The maximum absolute atomic E-state index is 6.43. The van der Waals surface area contributed by atoms with Crippen molar-refractivity contribution in [3.63, 3.8) is 0 Å². The molecule has 0 saturated carbocycles. The van der Waals surface area contributed by atoms with E-state index in [1.54, 1.807) is 0 Å². The molecular weight excluding hydrogens is 276 g/mol. The first-order valence-corrected chi connectivity index (χ1v) is 8.62. The van der Waals surface area contributed by atoms with Crippen molar-refractivity contribution in [1.82, 2.24) is 4.90 Å². The van der Waals surface area contributed by atoms with Crippen molar-refractivity contribution < 1.29 is 9.47 Å². The van der Waals surface area contributed by atoms with Gasteiger partial charge in [-0.05, 0) is 55.9 Å². The van der Waals surface area contributed by atoms with Crippen LogP contribution >= 0.6 is 0 Å². The summed E-state index contributed by atoms with van der Waals surface area (Å²) in [6, 6.07) is 6.28. The highest BCUT2D eigenvalue weighted by molar-refractivity contribution is 5.42. The van der Waals surface area contributed by atoms with Gasteiger partial charge in [0, 0.05) is 26.2 Å². The van der Waals surface area contributed by atoms with E-state index < -0.39 is 0 Å². The second kappa shape index (κ2) is 6.88. The van der Waals surface area contributed by atoms with E-state index in [1.165, 1.54) is 5.56 Å². The molecule has 0 aromatic heterocycles. The predicted octanol–water partition coefficient (Wildman–Crippen LogP) is 2.59.